The zero-order valence-corrected chi connectivity index (χ0v) is 12.6. The lowest BCUT2D eigenvalue weighted by Gasteiger charge is -2.09. The molecule has 6 heteroatoms. The summed E-state index contributed by atoms with van der Waals surface area (Å²) < 4.78 is 15.9. The Kier molecular flexibility index (Phi) is 6.59. The highest BCUT2D eigenvalue weighted by Gasteiger charge is 2.05. The average Bonchev–Trinajstić information content (AvgIpc) is 2.49. The normalized spacial score (nSPS) is 9.25. The van der Waals surface area contributed by atoms with E-state index in [1.165, 1.54) is 6.20 Å². The molecule has 0 N–H and O–H groups in total. The Labute approximate surface area is 123 Å². The van der Waals surface area contributed by atoms with Crippen LogP contribution < -0.4 is 14.2 Å². The maximum atomic E-state index is 5.73. The Bertz CT molecular complexity index is 527. The number of ether oxygens (including phenoxy) is 3. The largest absolute Gasteiger partial charge is 0.496 e. The molecule has 0 radical (unpaired) electrons. The Morgan fingerprint density at radius 1 is 0.850 bits per heavy atom. The van der Waals surface area contributed by atoms with E-state index < -0.39 is 0 Å². The number of methoxy groups -OCH3 is 2. The summed E-state index contributed by atoms with van der Waals surface area (Å²) in [7, 11) is 3.15. The van der Waals surface area contributed by atoms with Crippen molar-refractivity contribution in [3.63, 3.8) is 0 Å². The lowest BCUT2D eigenvalue weighted by Crippen LogP contribution is -1.91. The SMILES string of the molecule is CC.COc1cc(OC)cc(Oc2cnnc(Cl)c2)c1. The summed E-state index contributed by atoms with van der Waals surface area (Å²) in [6.07, 6.45) is 1.47. The van der Waals surface area contributed by atoms with Crippen molar-refractivity contribution in [3.8, 4) is 23.0 Å². The summed E-state index contributed by atoms with van der Waals surface area (Å²) >= 11 is 5.73. The molecule has 20 heavy (non-hydrogen) atoms. The average molecular weight is 297 g/mol. The predicted molar refractivity (Wildman–Crippen MR) is 78.0 cm³/mol. The molecule has 2 aromatic rings. The van der Waals surface area contributed by atoms with Crippen LogP contribution in [0.1, 0.15) is 13.8 Å². The lowest BCUT2D eigenvalue weighted by molar-refractivity contribution is 0.386. The molecule has 0 aliphatic rings. The van der Waals surface area contributed by atoms with Gasteiger partial charge in [0.2, 0.25) is 0 Å². The van der Waals surface area contributed by atoms with E-state index in [0.29, 0.717) is 23.0 Å². The summed E-state index contributed by atoms with van der Waals surface area (Å²) in [4.78, 5) is 0. The minimum absolute atomic E-state index is 0.266. The Morgan fingerprint density at radius 3 is 1.90 bits per heavy atom. The van der Waals surface area contributed by atoms with Gasteiger partial charge < -0.3 is 14.2 Å². The molecule has 0 saturated carbocycles. The van der Waals surface area contributed by atoms with E-state index in [0.717, 1.165) is 0 Å². The first kappa shape index (κ1) is 16.0. The van der Waals surface area contributed by atoms with Crippen LogP contribution in [0.15, 0.2) is 30.5 Å². The quantitative estimate of drug-likeness (QED) is 0.854. The zero-order valence-electron chi connectivity index (χ0n) is 11.9. The zero-order chi connectivity index (χ0) is 15.0. The summed E-state index contributed by atoms with van der Waals surface area (Å²) in [6.45, 7) is 4.00. The molecule has 0 aliphatic heterocycles. The van der Waals surface area contributed by atoms with Gasteiger partial charge in [-0.15, -0.1) is 5.10 Å². The maximum absolute atomic E-state index is 5.73. The smallest absolute Gasteiger partial charge is 0.155 e. The molecule has 1 aromatic carbocycles. The molecule has 0 aliphatic carbocycles. The molecule has 0 atom stereocenters. The monoisotopic (exact) mass is 296 g/mol. The van der Waals surface area contributed by atoms with Gasteiger partial charge in [0, 0.05) is 24.3 Å². The standard InChI is InChI=1S/C12H11ClN2O3.C2H6/c1-16-8-3-9(17-2)5-10(4-8)18-11-6-12(13)15-14-7-11;1-2/h3-7H,1-2H3;1-2H3. The van der Waals surface area contributed by atoms with Crippen LogP contribution in [0.25, 0.3) is 0 Å². The first-order valence-electron chi connectivity index (χ1n) is 6.10. The maximum Gasteiger partial charge on any atom is 0.155 e. The third-order valence-electron chi connectivity index (χ3n) is 2.16. The summed E-state index contributed by atoms with van der Waals surface area (Å²) in [5, 5.41) is 7.60. The van der Waals surface area contributed by atoms with Gasteiger partial charge in [-0.1, -0.05) is 25.4 Å². The van der Waals surface area contributed by atoms with Crippen molar-refractivity contribution in [3.05, 3.63) is 35.6 Å². The van der Waals surface area contributed by atoms with E-state index in [1.54, 1.807) is 38.5 Å². The van der Waals surface area contributed by atoms with Crippen LogP contribution in [0.2, 0.25) is 5.15 Å². The van der Waals surface area contributed by atoms with Crippen molar-refractivity contribution >= 4 is 11.6 Å². The van der Waals surface area contributed by atoms with E-state index in [4.69, 9.17) is 25.8 Å². The number of halogens is 1. The van der Waals surface area contributed by atoms with Gasteiger partial charge in [0.25, 0.3) is 0 Å². The molecular formula is C14H17ClN2O3. The van der Waals surface area contributed by atoms with Crippen molar-refractivity contribution < 1.29 is 14.2 Å². The molecule has 2 rings (SSSR count). The number of hydrogen-bond donors (Lipinski definition) is 0. The van der Waals surface area contributed by atoms with Crippen molar-refractivity contribution in [2.45, 2.75) is 13.8 Å². The molecular weight excluding hydrogens is 280 g/mol. The van der Waals surface area contributed by atoms with Gasteiger partial charge in [0.15, 0.2) is 10.9 Å². The number of rotatable bonds is 4. The van der Waals surface area contributed by atoms with E-state index in [-0.39, 0.29) is 5.15 Å². The molecule has 0 amide bonds. The number of benzene rings is 1. The van der Waals surface area contributed by atoms with Crippen LogP contribution in [0.4, 0.5) is 0 Å². The first-order chi connectivity index (χ1) is 9.71. The summed E-state index contributed by atoms with van der Waals surface area (Å²) in [5.74, 6) is 2.33. The van der Waals surface area contributed by atoms with Gasteiger partial charge in [-0.25, -0.2) is 0 Å². The fourth-order valence-electron chi connectivity index (χ4n) is 1.36. The fourth-order valence-corrected chi connectivity index (χ4v) is 1.51. The number of aromatic nitrogens is 2. The second-order valence-corrected chi connectivity index (χ2v) is 3.75. The van der Waals surface area contributed by atoms with Crippen LogP contribution in [0.3, 0.4) is 0 Å². The minimum atomic E-state index is 0.266. The van der Waals surface area contributed by atoms with Gasteiger partial charge in [0.05, 0.1) is 20.4 Å². The van der Waals surface area contributed by atoms with Crippen LogP contribution >= 0.6 is 11.6 Å². The molecule has 0 unspecified atom stereocenters. The van der Waals surface area contributed by atoms with Crippen LogP contribution in [0, 0.1) is 0 Å². The molecule has 0 bridgehead atoms. The van der Waals surface area contributed by atoms with Crippen LogP contribution in [-0.2, 0) is 0 Å². The number of nitrogens with zero attached hydrogens (tertiary/aromatic N) is 2. The summed E-state index contributed by atoms with van der Waals surface area (Å²) in [5.41, 5.74) is 0. The van der Waals surface area contributed by atoms with Gasteiger partial charge in [-0.3, -0.25) is 0 Å². The van der Waals surface area contributed by atoms with E-state index in [2.05, 4.69) is 10.2 Å². The van der Waals surface area contributed by atoms with E-state index in [9.17, 15) is 0 Å². The van der Waals surface area contributed by atoms with Crippen molar-refractivity contribution in [1.29, 1.82) is 0 Å². The van der Waals surface area contributed by atoms with E-state index >= 15 is 0 Å². The minimum Gasteiger partial charge on any atom is -0.496 e. The second kappa shape index (κ2) is 8.22. The fraction of sp³-hybridized carbons (Fsp3) is 0.286. The topological polar surface area (TPSA) is 53.5 Å². The Morgan fingerprint density at radius 2 is 1.40 bits per heavy atom. The third kappa shape index (κ3) is 4.59. The lowest BCUT2D eigenvalue weighted by atomic mass is 10.3. The van der Waals surface area contributed by atoms with Crippen molar-refractivity contribution in [2.75, 3.05) is 14.2 Å². The summed E-state index contributed by atoms with van der Waals surface area (Å²) in [6, 6.07) is 6.79. The van der Waals surface area contributed by atoms with Crippen LogP contribution in [0.5, 0.6) is 23.0 Å². The van der Waals surface area contributed by atoms with Crippen molar-refractivity contribution in [2.24, 2.45) is 0 Å². The van der Waals surface area contributed by atoms with Crippen molar-refractivity contribution in [1.82, 2.24) is 10.2 Å². The highest BCUT2D eigenvalue weighted by Crippen LogP contribution is 2.30. The van der Waals surface area contributed by atoms with Gasteiger partial charge in [-0.05, 0) is 0 Å². The molecule has 0 fully saturated rings. The highest BCUT2D eigenvalue weighted by atomic mass is 35.5. The number of hydrogen-bond acceptors (Lipinski definition) is 5. The van der Waals surface area contributed by atoms with E-state index in [1.807, 2.05) is 13.8 Å². The Hall–Kier alpha value is -2.01. The van der Waals surface area contributed by atoms with Gasteiger partial charge in [-0.2, -0.15) is 5.10 Å². The molecule has 0 spiro atoms. The third-order valence-corrected chi connectivity index (χ3v) is 2.34. The highest BCUT2D eigenvalue weighted by molar-refractivity contribution is 6.29. The predicted octanol–water partition coefficient (Wildman–Crippen LogP) is 3.97. The van der Waals surface area contributed by atoms with Gasteiger partial charge >= 0.3 is 0 Å². The molecule has 108 valence electrons. The second-order valence-electron chi connectivity index (χ2n) is 3.36. The molecule has 1 heterocycles. The van der Waals surface area contributed by atoms with Crippen LogP contribution in [-0.4, -0.2) is 24.4 Å². The van der Waals surface area contributed by atoms with Gasteiger partial charge in [0.1, 0.15) is 17.2 Å². The molecule has 0 saturated heterocycles. The first-order valence-corrected chi connectivity index (χ1v) is 6.48. The molecule has 5 nitrogen and oxygen atoms in total. The molecule has 1 aromatic heterocycles. The Balaban J connectivity index is 0.000000956.